The smallest absolute Gasteiger partial charge is 0.306 e. The third-order valence-electron chi connectivity index (χ3n) is 2.30. The molecular formula is C10H19NO4S. The second-order valence-electron chi connectivity index (χ2n) is 3.52. The number of carbonyl (C=O) groups excluding carboxylic acids is 2. The summed E-state index contributed by atoms with van der Waals surface area (Å²) in [6, 6.07) is 0. The van der Waals surface area contributed by atoms with Crippen molar-refractivity contribution in [3.8, 4) is 0 Å². The Balaban J connectivity index is 4.15. The summed E-state index contributed by atoms with van der Waals surface area (Å²) in [6.45, 7) is 4.10. The number of carbonyl (C=O) groups is 2. The first-order chi connectivity index (χ1) is 7.42. The van der Waals surface area contributed by atoms with Crippen molar-refractivity contribution < 1.29 is 18.5 Å². The van der Waals surface area contributed by atoms with E-state index in [1.165, 1.54) is 12.0 Å². The lowest BCUT2D eigenvalue weighted by atomic mass is 10.3. The van der Waals surface area contributed by atoms with Gasteiger partial charge in [0.2, 0.25) is 5.91 Å². The molecule has 0 aromatic carbocycles. The topological polar surface area (TPSA) is 63.7 Å². The molecule has 0 bridgehead atoms. The minimum atomic E-state index is -1.33. The third-order valence-corrected chi connectivity index (χ3v) is 3.89. The maximum Gasteiger partial charge on any atom is 0.306 e. The van der Waals surface area contributed by atoms with E-state index in [1.54, 1.807) is 14.0 Å². The fourth-order valence-electron chi connectivity index (χ4n) is 0.961. The molecule has 0 aliphatic heterocycles. The van der Waals surface area contributed by atoms with Gasteiger partial charge in [0.15, 0.2) is 0 Å². The van der Waals surface area contributed by atoms with E-state index in [9.17, 15) is 13.8 Å². The molecule has 16 heavy (non-hydrogen) atoms. The van der Waals surface area contributed by atoms with Crippen molar-refractivity contribution >= 4 is 22.7 Å². The quantitative estimate of drug-likeness (QED) is 0.629. The molecule has 0 saturated heterocycles. The van der Waals surface area contributed by atoms with Gasteiger partial charge in [-0.05, 0) is 6.92 Å². The number of methoxy groups -OCH3 is 1. The van der Waals surface area contributed by atoms with Crippen LogP contribution >= 0.6 is 0 Å². The number of rotatable bonds is 6. The number of nitrogens with zero attached hydrogens (tertiary/aromatic N) is 1. The highest BCUT2D eigenvalue weighted by atomic mass is 32.2. The third kappa shape index (κ3) is 5.25. The van der Waals surface area contributed by atoms with Crippen molar-refractivity contribution in [2.24, 2.45) is 0 Å². The van der Waals surface area contributed by atoms with Gasteiger partial charge in [-0.25, -0.2) is 0 Å². The summed E-state index contributed by atoms with van der Waals surface area (Å²) in [5.74, 6) is -0.614. The Bertz CT molecular complexity index is 280. The van der Waals surface area contributed by atoms with Gasteiger partial charge in [0.05, 0.1) is 13.5 Å². The Hall–Kier alpha value is -0.910. The molecule has 0 radical (unpaired) electrons. The average Bonchev–Trinajstić information content (AvgIpc) is 2.27. The van der Waals surface area contributed by atoms with Crippen LogP contribution in [0.4, 0.5) is 0 Å². The van der Waals surface area contributed by atoms with E-state index >= 15 is 0 Å². The number of esters is 1. The molecule has 6 heteroatoms. The highest BCUT2D eigenvalue weighted by Crippen LogP contribution is 2.04. The van der Waals surface area contributed by atoms with E-state index in [4.69, 9.17) is 0 Å². The van der Waals surface area contributed by atoms with E-state index in [2.05, 4.69) is 4.74 Å². The van der Waals surface area contributed by atoms with Crippen molar-refractivity contribution in [1.29, 1.82) is 0 Å². The molecular weight excluding hydrogens is 230 g/mol. The Kier molecular flexibility index (Phi) is 6.96. The summed E-state index contributed by atoms with van der Waals surface area (Å²) >= 11 is 0. The SMILES string of the molecule is CCN(C)C(=O)CS(=O)C(C)CC(=O)OC. The van der Waals surface area contributed by atoms with Crippen LogP contribution in [0.3, 0.4) is 0 Å². The summed E-state index contributed by atoms with van der Waals surface area (Å²) in [5, 5.41) is -0.360. The molecule has 2 unspecified atom stereocenters. The standard InChI is InChI=1S/C10H19NO4S/c1-5-11(3)9(12)7-16(14)8(2)6-10(13)15-4/h8H,5-7H2,1-4H3. The van der Waals surface area contributed by atoms with Crippen LogP contribution in [-0.4, -0.2) is 52.7 Å². The van der Waals surface area contributed by atoms with Gasteiger partial charge < -0.3 is 9.64 Å². The summed E-state index contributed by atoms with van der Waals surface area (Å²) < 4.78 is 16.2. The fourth-order valence-corrected chi connectivity index (χ4v) is 2.03. The van der Waals surface area contributed by atoms with Gasteiger partial charge in [0.25, 0.3) is 0 Å². The number of ether oxygens (including phenoxy) is 1. The molecule has 94 valence electrons. The maximum atomic E-state index is 11.7. The lowest BCUT2D eigenvalue weighted by molar-refractivity contribution is -0.140. The first-order valence-electron chi connectivity index (χ1n) is 5.10. The largest absolute Gasteiger partial charge is 0.469 e. The molecule has 0 saturated carbocycles. The van der Waals surface area contributed by atoms with Gasteiger partial charge in [0, 0.05) is 29.6 Å². The van der Waals surface area contributed by atoms with Crippen LogP contribution < -0.4 is 0 Å². The van der Waals surface area contributed by atoms with Crippen LogP contribution in [0.15, 0.2) is 0 Å². The molecule has 0 rings (SSSR count). The highest BCUT2D eigenvalue weighted by Gasteiger charge is 2.19. The van der Waals surface area contributed by atoms with E-state index in [-0.39, 0.29) is 23.3 Å². The molecule has 2 atom stereocenters. The van der Waals surface area contributed by atoms with E-state index in [1.807, 2.05) is 6.92 Å². The first kappa shape index (κ1) is 15.1. The predicted molar refractivity (Wildman–Crippen MR) is 62.4 cm³/mol. The summed E-state index contributed by atoms with van der Waals surface area (Å²) in [7, 11) is 1.61. The maximum absolute atomic E-state index is 11.7. The summed E-state index contributed by atoms with van der Waals surface area (Å²) in [4.78, 5) is 23.9. The predicted octanol–water partition coefficient (Wildman–Crippen LogP) is 0.165. The zero-order valence-corrected chi connectivity index (χ0v) is 11.0. The van der Waals surface area contributed by atoms with Gasteiger partial charge in [-0.3, -0.25) is 13.8 Å². The fraction of sp³-hybridized carbons (Fsp3) is 0.800. The van der Waals surface area contributed by atoms with E-state index < -0.39 is 16.8 Å². The second-order valence-corrected chi connectivity index (χ2v) is 5.38. The van der Waals surface area contributed by atoms with Crippen LogP contribution in [0.2, 0.25) is 0 Å². The average molecular weight is 249 g/mol. The minimum Gasteiger partial charge on any atom is -0.469 e. The Morgan fingerprint density at radius 1 is 1.44 bits per heavy atom. The van der Waals surface area contributed by atoms with Gasteiger partial charge in [0.1, 0.15) is 5.75 Å². The molecule has 0 aromatic heterocycles. The summed E-state index contributed by atoms with van der Waals surface area (Å²) in [6.07, 6.45) is 0.0756. The van der Waals surface area contributed by atoms with E-state index in [0.29, 0.717) is 6.54 Å². The minimum absolute atomic E-state index is 0.0392. The monoisotopic (exact) mass is 249 g/mol. The number of amides is 1. The Morgan fingerprint density at radius 2 is 2.00 bits per heavy atom. The van der Waals surface area contributed by atoms with Crippen LogP contribution in [0, 0.1) is 0 Å². The molecule has 0 fully saturated rings. The first-order valence-corrected chi connectivity index (χ1v) is 6.48. The van der Waals surface area contributed by atoms with Crippen LogP contribution in [-0.2, 0) is 25.1 Å². The number of hydrogen-bond donors (Lipinski definition) is 0. The summed E-state index contributed by atoms with van der Waals surface area (Å²) in [5.41, 5.74) is 0. The van der Waals surface area contributed by atoms with Crippen molar-refractivity contribution in [3.63, 3.8) is 0 Å². The van der Waals surface area contributed by atoms with Crippen molar-refractivity contribution in [2.45, 2.75) is 25.5 Å². The lowest BCUT2D eigenvalue weighted by Gasteiger charge is -2.15. The number of hydrogen-bond acceptors (Lipinski definition) is 4. The highest BCUT2D eigenvalue weighted by molar-refractivity contribution is 7.86. The normalized spacial score (nSPS) is 14.0. The second kappa shape index (κ2) is 7.38. The molecule has 0 heterocycles. The molecule has 0 N–H and O–H groups in total. The Morgan fingerprint density at radius 3 is 2.44 bits per heavy atom. The van der Waals surface area contributed by atoms with Gasteiger partial charge in [-0.1, -0.05) is 6.92 Å². The zero-order valence-electron chi connectivity index (χ0n) is 10.2. The van der Waals surface area contributed by atoms with Gasteiger partial charge in [-0.15, -0.1) is 0 Å². The van der Waals surface area contributed by atoms with Gasteiger partial charge in [-0.2, -0.15) is 0 Å². The molecule has 0 aliphatic rings. The lowest BCUT2D eigenvalue weighted by Crippen LogP contribution is -2.33. The van der Waals surface area contributed by atoms with Crippen LogP contribution in [0.5, 0.6) is 0 Å². The molecule has 0 spiro atoms. The van der Waals surface area contributed by atoms with E-state index in [0.717, 1.165) is 0 Å². The van der Waals surface area contributed by atoms with Crippen molar-refractivity contribution in [3.05, 3.63) is 0 Å². The van der Waals surface area contributed by atoms with Crippen LogP contribution in [0.1, 0.15) is 20.3 Å². The Labute approximate surface area is 98.6 Å². The molecule has 0 aromatic rings. The van der Waals surface area contributed by atoms with Gasteiger partial charge >= 0.3 is 5.97 Å². The molecule has 0 aliphatic carbocycles. The van der Waals surface area contributed by atoms with Crippen molar-refractivity contribution in [2.75, 3.05) is 26.5 Å². The van der Waals surface area contributed by atoms with Crippen LogP contribution in [0.25, 0.3) is 0 Å². The zero-order chi connectivity index (χ0) is 12.7. The molecule has 5 nitrogen and oxygen atoms in total. The molecule has 1 amide bonds. The van der Waals surface area contributed by atoms with Crippen molar-refractivity contribution in [1.82, 2.24) is 4.90 Å².